The van der Waals surface area contributed by atoms with Gasteiger partial charge in [0.25, 0.3) is 5.91 Å². The van der Waals surface area contributed by atoms with Gasteiger partial charge in [-0.3, -0.25) is 9.59 Å². The number of para-hydroxylation sites is 1. The van der Waals surface area contributed by atoms with Gasteiger partial charge < -0.3 is 10.2 Å². The van der Waals surface area contributed by atoms with Crippen LogP contribution in [0.3, 0.4) is 0 Å². The maximum atomic E-state index is 13.3. The molecule has 0 radical (unpaired) electrons. The van der Waals surface area contributed by atoms with Crippen LogP contribution in [0.25, 0.3) is 10.2 Å². The van der Waals surface area contributed by atoms with Crippen LogP contribution in [0.15, 0.2) is 36.4 Å². The van der Waals surface area contributed by atoms with Gasteiger partial charge >= 0.3 is 0 Å². The fraction of sp³-hybridized carbons (Fsp3) is 0.286. The van der Waals surface area contributed by atoms with E-state index in [4.69, 9.17) is 0 Å². The summed E-state index contributed by atoms with van der Waals surface area (Å²) in [6, 6.07) is 11.5. The van der Waals surface area contributed by atoms with Gasteiger partial charge in [-0.1, -0.05) is 18.2 Å². The lowest BCUT2D eigenvalue weighted by atomic mass is 10.1. The molecular formula is C21H21N3O2S. The number of amides is 2. The molecule has 3 aromatic rings. The van der Waals surface area contributed by atoms with Crippen molar-refractivity contribution >= 4 is 44.7 Å². The molecule has 138 valence electrons. The quantitative estimate of drug-likeness (QED) is 0.724. The second-order valence-electron chi connectivity index (χ2n) is 7.03. The van der Waals surface area contributed by atoms with Gasteiger partial charge in [-0.25, -0.2) is 4.98 Å². The van der Waals surface area contributed by atoms with Crippen LogP contribution in [0.5, 0.6) is 0 Å². The van der Waals surface area contributed by atoms with Crippen molar-refractivity contribution in [3.05, 3.63) is 52.5 Å². The number of rotatable bonds is 4. The van der Waals surface area contributed by atoms with Crippen molar-refractivity contribution < 1.29 is 9.59 Å². The average Bonchev–Trinajstić information content (AvgIpc) is 3.44. The topological polar surface area (TPSA) is 62.3 Å². The van der Waals surface area contributed by atoms with Crippen molar-refractivity contribution in [2.75, 3.05) is 17.3 Å². The second-order valence-corrected chi connectivity index (χ2v) is 8.03. The molecule has 2 amide bonds. The van der Waals surface area contributed by atoms with Gasteiger partial charge in [0.2, 0.25) is 5.91 Å². The fourth-order valence-electron chi connectivity index (χ4n) is 3.20. The van der Waals surface area contributed by atoms with Crippen molar-refractivity contribution in [3.63, 3.8) is 0 Å². The van der Waals surface area contributed by atoms with Crippen LogP contribution in [0.4, 0.5) is 11.4 Å². The predicted octanol–water partition coefficient (Wildman–Crippen LogP) is 4.54. The monoisotopic (exact) mass is 379 g/mol. The summed E-state index contributed by atoms with van der Waals surface area (Å²) in [6.07, 6.45) is 1.83. The fourth-order valence-corrected chi connectivity index (χ4v) is 4.43. The van der Waals surface area contributed by atoms with Crippen molar-refractivity contribution in [1.82, 2.24) is 4.98 Å². The van der Waals surface area contributed by atoms with Gasteiger partial charge in [0.15, 0.2) is 0 Å². The molecule has 1 saturated carbocycles. The van der Waals surface area contributed by atoms with Crippen molar-refractivity contribution in [2.45, 2.75) is 26.7 Å². The minimum Gasteiger partial charge on any atom is -0.324 e. The Balaban J connectivity index is 1.81. The zero-order valence-electron chi connectivity index (χ0n) is 15.6. The van der Waals surface area contributed by atoms with E-state index in [-0.39, 0.29) is 17.7 Å². The SMILES string of the molecule is Cc1cc(C)c2c(NC(=O)C3CC3)c(C(=O)N(C)c3ccccc3)sc2n1. The summed E-state index contributed by atoms with van der Waals surface area (Å²) in [6.45, 7) is 3.93. The summed E-state index contributed by atoms with van der Waals surface area (Å²) in [4.78, 5) is 33.2. The third-order valence-corrected chi connectivity index (χ3v) is 5.90. The number of pyridine rings is 1. The first-order valence-corrected chi connectivity index (χ1v) is 9.82. The molecule has 1 aliphatic rings. The highest BCUT2D eigenvalue weighted by atomic mass is 32.1. The molecule has 0 unspecified atom stereocenters. The molecule has 2 heterocycles. The number of carbonyl (C=O) groups excluding carboxylic acids is 2. The number of anilines is 2. The Morgan fingerprint density at radius 3 is 2.56 bits per heavy atom. The first-order chi connectivity index (χ1) is 13.0. The van der Waals surface area contributed by atoms with Crippen molar-refractivity contribution in [3.8, 4) is 0 Å². The molecule has 6 heteroatoms. The van der Waals surface area contributed by atoms with Gasteiger partial charge in [-0.15, -0.1) is 11.3 Å². The molecular weight excluding hydrogens is 358 g/mol. The minimum absolute atomic E-state index is 0.00825. The molecule has 0 aliphatic heterocycles. The highest BCUT2D eigenvalue weighted by Gasteiger charge is 2.32. The largest absolute Gasteiger partial charge is 0.324 e. The molecule has 0 spiro atoms. The molecule has 1 fully saturated rings. The third kappa shape index (κ3) is 3.32. The van der Waals surface area contributed by atoms with E-state index >= 15 is 0 Å². The van der Waals surface area contributed by atoms with Crippen LogP contribution in [0, 0.1) is 19.8 Å². The van der Waals surface area contributed by atoms with Gasteiger partial charge in [0.1, 0.15) is 9.71 Å². The average molecular weight is 379 g/mol. The highest BCUT2D eigenvalue weighted by Crippen LogP contribution is 2.40. The summed E-state index contributed by atoms with van der Waals surface area (Å²) in [5.41, 5.74) is 3.32. The number of aromatic nitrogens is 1. The Morgan fingerprint density at radius 2 is 1.89 bits per heavy atom. The first kappa shape index (κ1) is 17.7. The number of benzene rings is 1. The van der Waals surface area contributed by atoms with E-state index in [0.29, 0.717) is 10.6 Å². The first-order valence-electron chi connectivity index (χ1n) is 9.00. The normalized spacial score (nSPS) is 13.6. The lowest BCUT2D eigenvalue weighted by molar-refractivity contribution is -0.117. The van der Waals surface area contributed by atoms with Crippen LogP contribution in [0.1, 0.15) is 33.8 Å². The van der Waals surface area contributed by atoms with Gasteiger partial charge in [0, 0.05) is 29.7 Å². The van der Waals surface area contributed by atoms with Crippen LogP contribution in [0.2, 0.25) is 0 Å². The molecule has 2 aromatic heterocycles. The minimum atomic E-state index is -0.146. The summed E-state index contributed by atoms with van der Waals surface area (Å²) in [5, 5.41) is 3.89. The van der Waals surface area contributed by atoms with E-state index in [1.807, 2.05) is 50.2 Å². The zero-order chi connectivity index (χ0) is 19.1. The lowest BCUT2D eigenvalue weighted by Crippen LogP contribution is -2.26. The molecule has 27 heavy (non-hydrogen) atoms. The Kier molecular flexibility index (Phi) is 4.44. The Hall–Kier alpha value is -2.73. The van der Waals surface area contributed by atoms with Crippen LogP contribution in [-0.4, -0.2) is 23.8 Å². The van der Waals surface area contributed by atoms with E-state index in [0.717, 1.165) is 40.0 Å². The van der Waals surface area contributed by atoms with Crippen molar-refractivity contribution in [2.24, 2.45) is 5.92 Å². The Labute approximate surface area is 162 Å². The molecule has 0 atom stereocenters. The standard InChI is InChI=1S/C21H21N3O2S/c1-12-11-13(2)22-20-16(12)17(23-19(25)14-9-10-14)18(27-20)21(26)24(3)15-7-5-4-6-8-15/h4-8,11,14H,9-10H2,1-3H3,(H,23,25). The number of thiophene rings is 1. The van der Waals surface area contributed by atoms with E-state index in [2.05, 4.69) is 10.3 Å². The number of aryl methyl sites for hydroxylation is 2. The lowest BCUT2D eigenvalue weighted by Gasteiger charge is -2.17. The maximum absolute atomic E-state index is 13.3. The smallest absolute Gasteiger partial charge is 0.270 e. The molecule has 0 saturated heterocycles. The van der Waals surface area contributed by atoms with E-state index in [1.165, 1.54) is 11.3 Å². The number of carbonyl (C=O) groups is 2. The summed E-state index contributed by atoms with van der Waals surface area (Å²) in [7, 11) is 1.75. The molecule has 1 aliphatic carbocycles. The van der Waals surface area contributed by atoms with Crippen LogP contribution < -0.4 is 10.2 Å². The number of hydrogen-bond acceptors (Lipinski definition) is 4. The van der Waals surface area contributed by atoms with E-state index < -0.39 is 0 Å². The number of nitrogens with one attached hydrogen (secondary N) is 1. The van der Waals surface area contributed by atoms with Gasteiger partial charge in [-0.05, 0) is 50.5 Å². The molecule has 4 rings (SSSR count). The molecule has 5 nitrogen and oxygen atoms in total. The molecule has 1 N–H and O–H groups in total. The zero-order valence-corrected chi connectivity index (χ0v) is 16.4. The van der Waals surface area contributed by atoms with Gasteiger partial charge in [-0.2, -0.15) is 0 Å². The second kappa shape index (κ2) is 6.78. The summed E-state index contributed by atoms with van der Waals surface area (Å²) >= 11 is 1.34. The number of fused-ring (bicyclic) bond motifs is 1. The van der Waals surface area contributed by atoms with Crippen molar-refractivity contribution in [1.29, 1.82) is 0 Å². The number of nitrogens with zero attached hydrogens (tertiary/aromatic N) is 2. The van der Waals surface area contributed by atoms with Crippen LogP contribution >= 0.6 is 11.3 Å². The van der Waals surface area contributed by atoms with Crippen LogP contribution in [-0.2, 0) is 4.79 Å². The van der Waals surface area contributed by atoms with Gasteiger partial charge in [0.05, 0.1) is 5.69 Å². The Morgan fingerprint density at radius 1 is 1.19 bits per heavy atom. The molecule has 0 bridgehead atoms. The van der Waals surface area contributed by atoms with E-state index in [1.54, 1.807) is 11.9 Å². The third-order valence-electron chi connectivity index (χ3n) is 4.83. The predicted molar refractivity (Wildman–Crippen MR) is 110 cm³/mol. The molecule has 1 aromatic carbocycles. The Bertz CT molecular complexity index is 1040. The summed E-state index contributed by atoms with van der Waals surface area (Å²) < 4.78 is 0. The van der Waals surface area contributed by atoms with E-state index in [9.17, 15) is 9.59 Å². The highest BCUT2D eigenvalue weighted by molar-refractivity contribution is 7.21. The maximum Gasteiger partial charge on any atom is 0.270 e. The number of hydrogen-bond donors (Lipinski definition) is 1. The summed E-state index contributed by atoms with van der Waals surface area (Å²) in [5.74, 6) is -0.0908.